The molecular formula is C38H73ClN4O8. The first-order chi connectivity index (χ1) is 22.3. The van der Waals surface area contributed by atoms with Crippen LogP contribution in [0, 0.1) is 23.7 Å². The lowest BCUT2D eigenvalue weighted by molar-refractivity contribution is -0.139. The first-order valence-electron chi connectivity index (χ1n) is 17.3. The first-order valence-corrected chi connectivity index (χ1v) is 17.3. The highest BCUT2D eigenvalue weighted by molar-refractivity contribution is 5.89. The number of nitrogens with zero attached hydrogens (tertiary/aromatic N) is 2. The molecule has 0 spiro atoms. The standard InChI is InChI=1S/C21H38N2O5.C16H30N2O3.CH4.ClH/c1-11-27-19(25)15(6)12-16(13(2)3)23(10)18(24)17(14(4)5)22-20(26)28-21(7,8)9;1-8-21-16(20)12(6)9-13(10(2)3)18(7)15(19)14(17)11(4)5;;/h12-14,16-17H,11H2,1-10H3,(H,22,26);9-11,13-14H,8,17H2,1-7H3;1H4;1H/b15-12+;12-9+;;/t16-,17?;13-,14?;;/m11../s1. The van der Waals surface area contributed by atoms with Gasteiger partial charge in [0.25, 0.3) is 0 Å². The third-order valence-corrected chi connectivity index (χ3v) is 7.60. The maximum absolute atomic E-state index is 13.1. The van der Waals surface area contributed by atoms with Crippen molar-refractivity contribution in [2.45, 2.75) is 141 Å². The highest BCUT2D eigenvalue weighted by atomic mass is 35.5. The van der Waals surface area contributed by atoms with Crippen LogP contribution in [0.2, 0.25) is 0 Å². The number of carbonyl (C=O) groups is 5. The highest BCUT2D eigenvalue weighted by Crippen LogP contribution is 2.18. The first kappa shape index (κ1) is 54.7. The third kappa shape index (κ3) is 20.5. The molecule has 51 heavy (non-hydrogen) atoms. The number of hydrogen-bond acceptors (Lipinski definition) is 9. The van der Waals surface area contributed by atoms with Crippen molar-refractivity contribution in [2.75, 3.05) is 27.3 Å². The van der Waals surface area contributed by atoms with Crippen molar-refractivity contribution >= 4 is 42.3 Å². The molecule has 0 aliphatic heterocycles. The Morgan fingerprint density at radius 2 is 1.04 bits per heavy atom. The largest absolute Gasteiger partial charge is 0.463 e. The van der Waals surface area contributed by atoms with Crippen molar-refractivity contribution in [1.82, 2.24) is 15.1 Å². The van der Waals surface area contributed by atoms with E-state index < -0.39 is 29.7 Å². The number of esters is 2. The van der Waals surface area contributed by atoms with Crippen LogP contribution in [-0.4, -0.2) is 96.7 Å². The van der Waals surface area contributed by atoms with Crippen molar-refractivity contribution in [3.63, 3.8) is 0 Å². The fourth-order valence-electron chi connectivity index (χ4n) is 4.62. The normalized spacial score (nSPS) is 14.2. The summed E-state index contributed by atoms with van der Waals surface area (Å²) in [6, 6.07) is -1.78. The number of rotatable bonds is 15. The van der Waals surface area contributed by atoms with E-state index in [9.17, 15) is 24.0 Å². The highest BCUT2D eigenvalue weighted by Gasteiger charge is 2.33. The van der Waals surface area contributed by atoms with E-state index in [1.54, 1.807) is 84.5 Å². The monoisotopic (exact) mass is 749 g/mol. The number of halogens is 1. The van der Waals surface area contributed by atoms with Gasteiger partial charge >= 0.3 is 18.0 Å². The van der Waals surface area contributed by atoms with E-state index in [0.29, 0.717) is 24.4 Å². The maximum atomic E-state index is 13.1. The zero-order chi connectivity index (χ0) is 39.0. The smallest absolute Gasteiger partial charge is 0.408 e. The number of ether oxygens (including phenoxy) is 3. The predicted molar refractivity (Wildman–Crippen MR) is 208 cm³/mol. The second-order valence-electron chi connectivity index (χ2n) is 14.6. The van der Waals surface area contributed by atoms with E-state index >= 15 is 0 Å². The van der Waals surface area contributed by atoms with Crippen molar-refractivity contribution in [3.8, 4) is 0 Å². The predicted octanol–water partition coefficient (Wildman–Crippen LogP) is 6.55. The zero-order valence-electron chi connectivity index (χ0n) is 33.8. The summed E-state index contributed by atoms with van der Waals surface area (Å²) in [6.07, 6.45) is 2.89. The van der Waals surface area contributed by atoms with E-state index in [4.69, 9.17) is 19.9 Å². The molecule has 2 unspecified atom stereocenters. The Labute approximate surface area is 316 Å². The maximum Gasteiger partial charge on any atom is 0.408 e. The molecule has 0 aromatic carbocycles. The lowest BCUT2D eigenvalue weighted by Crippen LogP contribution is -2.54. The van der Waals surface area contributed by atoms with E-state index in [1.807, 2.05) is 55.4 Å². The van der Waals surface area contributed by atoms with Gasteiger partial charge in [-0.25, -0.2) is 14.4 Å². The summed E-state index contributed by atoms with van der Waals surface area (Å²) >= 11 is 0. The van der Waals surface area contributed by atoms with Crippen LogP contribution in [0.5, 0.6) is 0 Å². The zero-order valence-corrected chi connectivity index (χ0v) is 34.7. The van der Waals surface area contributed by atoms with Crippen LogP contribution < -0.4 is 11.1 Å². The number of amides is 3. The number of alkyl carbamates (subject to hydrolysis) is 1. The number of nitrogens with one attached hydrogen (secondary N) is 1. The molecule has 0 radical (unpaired) electrons. The van der Waals surface area contributed by atoms with E-state index in [-0.39, 0.29) is 73.4 Å². The average Bonchev–Trinajstić information content (AvgIpc) is 2.98. The van der Waals surface area contributed by atoms with Crippen molar-refractivity contribution < 1.29 is 38.2 Å². The quantitative estimate of drug-likeness (QED) is 0.108. The van der Waals surface area contributed by atoms with Crippen LogP contribution in [0.1, 0.15) is 111 Å². The minimum atomic E-state index is -0.739. The molecule has 0 bridgehead atoms. The Morgan fingerprint density at radius 1 is 0.686 bits per heavy atom. The minimum absolute atomic E-state index is 0. The van der Waals surface area contributed by atoms with Gasteiger partial charge in [0.1, 0.15) is 11.6 Å². The van der Waals surface area contributed by atoms with Crippen LogP contribution in [0.25, 0.3) is 0 Å². The lowest BCUT2D eigenvalue weighted by Gasteiger charge is -2.34. The van der Waals surface area contributed by atoms with Crippen LogP contribution >= 0.6 is 12.4 Å². The van der Waals surface area contributed by atoms with Crippen LogP contribution in [-0.2, 0) is 33.4 Å². The van der Waals surface area contributed by atoms with Gasteiger partial charge in [-0.15, -0.1) is 12.4 Å². The van der Waals surface area contributed by atoms with Gasteiger partial charge in [0.2, 0.25) is 11.8 Å². The molecule has 0 saturated heterocycles. The van der Waals surface area contributed by atoms with Gasteiger partial charge in [-0.05, 0) is 72.1 Å². The molecule has 0 aromatic rings. The molecule has 0 saturated carbocycles. The molecule has 13 heteroatoms. The third-order valence-electron chi connectivity index (χ3n) is 7.60. The molecule has 12 nitrogen and oxygen atoms in total. The molecule has 0 aromatic heterocycles. The fraction of sp³-hybridized carbons (Fsp3) is 0.763. The van der Waals surface area contributed by atoms with Gasteiger partial charge in [-0.1, -0.05) is 75.0 Å². The van der Waals surface area contributed by atoms with Gasteiger partial charge < -0.3 is 35.1 Å². The second-order valence-corrected chi connectivity index (χ2v) is 14.6. The van der Waals surface area contributed by atoms with Crippen LogP contribution in [0.3, 0.4) is 0 Å². The Balaban J connectivity index is -0.000000433. The van der Waals surface area contributed by atoms with Gasteiger partial charge in [0.15, 0.2) is 0 Å². The summed E-state index contributed by atoms with van der Waals surface area (Å²) in [7, 11) is 3.40. The molecule has 0 heterocycles. The fourth-order valence-corrected chi connectivity index (χ4v) is 4.62. The molecule has 0 aliphatic rings. The van der Waals surface area contributed by atoms with Gasteiger partial charge in [0, 0.05) is 25.2 Å². The van der Waals surface area contributed by atoms with E-state index in [0.717, 1.165) is 0 Å². The average molecular weight is 749 g/mol. The summed E-state index contributed by atoms with van der Waals surface area (Å²) in [6.45, 7) is 28.3. The molecule has 0 fully saturated rings. The molecule has 300 valence electrons. The lowest BCUT2D eigenvalue weighted by atomic mass is 9.97. The Hall–Kier alpha value is -3.12. The summed E-state index contributed by atoms with van der Waals surface area (Å²) < 4.78 is 15.3. The second kappa shape index (κ2) is 25.8. The summed E-state index contributed by atoms with van der Waals surface area (Å²) in [5, 5.41) is 2.68. The molecule has 3 N–H and O–H groups in total. The Kier molecular flexibility index (Phi) is 27.6. The topological polar surface area (TPSA) is 158 Å². The molecule has 0 rings (SSSR count). The molecule has 4 atom stereocenters. The van der Waals surface area contributed by atoms with Gasteiger partial charge in [0.05, 0.1) is 31.3 Å². The number of likely N-dealkylation sites (N-methyl/N-ethyl adjacent to an activating group) is 2. The molecule has 0 aliphatic carbocycles. The number of hydrogen-bond donors (Lipinski definition) is 2. The molecular weight excluding hydrogens is 676 g/mol. The Morgan fingerprint density at radius 3 is 1.31 bits per heavy atom. The Bertz CT molecular complexity index is 1150. The minimum Gasteiger partial charge on any atom is -0.463 e. The summed E-state index contributed by atoms with van der Waals surface area (Å²) in [4.78, 5) is 64.5. The van der Waals surface area contributed by atoms with Crippen molar-refractivity contribution in [1.29, 1.82) is 0 Å². The SMILES string of the molecule is C.CCOC(=O)/C(C)=C/[C@H](C(C)C)N(C)C(=O)C(N)C(C)C.CCOC(=O)/C(C)=C/[C@H](C(C)C)N(C)C(=O)C(NC(=O)OC(C)(C)C)C(C)C.Cl. The number of carbonyl (C=O) groups excluding carboxylic acids is 5. The van der Waals surface area contributed by atoms with E-state index in [1.165, 1.54) is 0 Å². The molecule has 3 amide bonds. The van der Waals surface area contributed by atoms with Crippen LogP contribution in [0.15, 0.2) is 23.3 Å². The van der Waals surface area contributed by atoms with Crippen molar-refractivity contribution in [2.24, 2.45) is 29.4 Å². The van der Waals surface area contributed by atoms with Crippen molar-refractivity contribution in [3.05, 3.63) is 23.3 Å². The number of nitrogens with two attached hydrogens (primary N) is 1. The van der Waals surface area contributed by atoms with Gasteiger partial charge in [-0.2, -0.15) is 0 Å². The van der Waals surface area contributed by atoms with Gasteiger partial charge in [-0.3, -0.25) is 9.59 Å². The van der Waals surface area contributed by atoms with E-state index in [2.05, 4.69) is 5.32 Å². The van der Waals surface area contributed by atoms with Crippen LogP contribution in [0.4, 0.5) is 4.79 Å². The summed E-state index contributed by atoms with van der Waals surface area (Å²) in [5.74, 6) is -0.939. The summed E-state index contributed by atoms with van der Waals surface area (Å²) in [5.41, 5.74) is 6.23.